The molecule has 0 aromatic carbocycles. The van der Waals surface area contributed by atoms with Gasteiger partial charge in [-0.05, 0) is 49.4 Å². The molecule has 0 aromatic heterocycles. The van der Waals surface area contributed by atoms with E-state index in [0.717, 1.165) is 115 Å². The average Bonchev–Trinajstić information content (AvgIpc) is 2.51. The first kappa shape index (κ1) is 92.1. The second-order valence-corrected chi connectivity index (χ2v) is 31.6. The topological polar surface area (TPSA) is 237 Å². The van der Waals surface area contributed by atoms with Gasteiger partial charge in [0.1, 0.15) is 19.3 Å². The monoisotopic (exact) mass is 1380 g/mol. The van der Waals surface area contributed by atoms with Crippen molar-refractivity contribution in [3.05, 3.63) is 0 Å². The quantitative estimate of drug-likeness (QED) is 0.0222. The molecule has 0 radical (unpaired) electrons. The van der Waals surface area contributed by atoms with E-state index in [2.05, 4.69) is 55.4 Å². The van der Waals surface area contributed by atoms with Gasteiger partial charge in [-0.25, -0.2) is 9.13 Å². The van der Waals surface area contributed by atoms with Gasteiger partial charge < -0.3 is 33.8 Å². The van der Waals surface area contributed by atoms with Crippen LogP contribution in [0.5, 0.6) is 0 Å². The first-order chi connectivity index (χ1) is 45.1. The maximum atomic E-state index is 13.1. The van der Waals surface area contributed by atoms with Crippen molar-refractivity contribution in [1.82, 2.24) is 0 Å². The van der Waals surface area contributed by atoms with E-state index in [0.29, 0.717) is 37.5 Å². The van der Waals surface area contributed by atoms with Gasteiger partial charge in [-0.1, -0.05) is 325 Å². The number of phosphoric acid groups is 2. The number of unbranched alkanes of at least 4 members (excludes halogenated alkanes) is 37. The summed E-state index contributed by atoms with van der Waals surface area (Å²) in [6.45, 7) is 14.1. The molecule has 0 saturated heterocycles. The molecule has 17 nitrogen and oxygen atoms in total. The molecule has 0 saturated carbocycles. The fraction of sp³-hybridized carbons (Fsp3) is 0.947. The maximum Gasteiger partial charge on any atom is 0.472 e. The molecule has 0 aliphatic carbocycles. The number of ether oxygens (including phenoxy) is 4. The van der Waals surface area contributed by atoms with Crippen LogP contribution in [0.25, 0.3) is 0 Å². The van der Waals surface area contributed by atoms with Crippen LogP contribution in [0.2, 0.25) is 0 Å². The fourth-order valence-electron chi connectivity index (χ4n) is 11.3. The third kappa shape index (κ3) is 67.3. The Labute approximate surface area is 575 Å². The smallest absolute Gasteiger partial charge is 0.462 e. The molecule has 6 atom stereocenters. The van der Waals surface area contributed by atoms with Crippen LogP contribution in [0.3, 0.4) is 0 Å². The summed E-state index contributed by atoms with van der Waals surface area (Å²) in [4.78, 5) is 72.6. The molecule has 0 fully saturated rings. The molecule has 94 heavy (non-hydrogen) atoms. The predicted octanol–water partition coefficient (Wildman–Crippen LogP) is 21.7. The van der Waals surface area contributed by atoms with E-state index in [4.69, 9.17) is 37.0 Å². The zero-order chi connectivity index (χ0) is 69.6. The summed E-state index contributed by atoms with van der Waals surface area (Å²) in [5.41, 5.74) is 0. The highest BCUT2D eigenvalue weighted by molar-refractivity contribution is 7.47. The lowest BCUT2D eigenvalue weighted by Gasteiger charge is -2.21. The van der Waals surface area contributed by atoms with Crippen LogP contribution in [0.15, 0.2) is 0 Å². The van der Waals surface area contributed by atoms with E-state index in [1.54, 1.807) is 0 Å². The Morgan fingerprint density at radius 3 is 0.755 bits per heavy atom. The van der Waals surface area contributed by atoms with Gasteiger partial charge in [0.15, 0.2) is 12.2 Å². The normalized spacial score (nSPS) is 14.4. The Balaban J connectivity index is 5.15. The molecule has 3 unspecified atom stereocenters. The molecule has 0 amide bonds. The maximum absolute atomic E-state index is 13.1. The summed E-state index contributed by atoms with van der Waals surface area (Å²) in [6.07, 6.45) is 48.9. The summed E-state index contributed by atoms with van der Waals surface area (Å²) in [7, 11) is -9.91. The fourth-order valence-corrected chi connectivity index (χ4v) is 12.9. The lowest BCUT2D eigenvalue weighted by atomic mass is 9.99. The zero-order valence-electron chi connectivity index (χ0n) is 61.6. The van der Waals surface area contributed by atoms with Crippen molar-refractivity contribution in [1.29, 1.82) is 0 Å². The van der Waals surface area contributed by atoms with Gasteiger partial charge in [0.05, 0.1) is 26.4 Å². The molecule has 0 rings (SSSR count). The van der Waals surface area contributed by atoms with E-state index < -0.39 is 97.5 Å². The molecule has 0 spiro atoms. The van der Waals surface area contributed by atoms with Gasteiger partial charge in [-0.2, -0.15) is 0 Å². The van der Waals surface area contributed by atoms with Crippen LogP contribution in [0, 0.1) is 23.7 Å². The van der Waals surface area contributed by atoms with Gasteiger partial charge in [-0.15, -0.1) is 0 Å². The summed E-state index contributed by atoms with van der Waals surface area (Å²) in [5.74, 6) is 0.880. The van der Waals surface area contributed by atoms with Crippen molar-refractivity contribution in [3.63, 3.8) is 0 Å². The molecule has 0 bridgehead atoms. The molecule has 0 aromatic rings. The Hall–Kier alpha value is -1.94. The summed E-state index contributed by atoms with van der Waals surface area (Å²) in [6, 6.07) is 0. The third-order valence-electron chi connectivity index (χ3n) is 17.7. The number of carbonyl (C=O) groups excluding carboxylic acids is 4. The highest BCUT2D eigenvalue weighted by atomic mass is 31.2. The van der Waals surface area contributed by atoms with Crippen LogP contribution >= 0.6 is 15.6 Å². The number of esters is 4. The van der Waals surface area contributed by atoms with Gasteiger partial charge in [0.2, 0.25) is 0 Å². The predicted molar refractivity (Wildman–Crippen MR) is 381 cm³/mol. The number of phosphoric ester groups is 2. The van der Waals surface area contributed by atoms with Crippen LogP contribution < -0.4 is 0 Å². The lowest BCUT2D eigenvalue weighted by molar-refractivity contribution is -0.161. The number of hydrogen-bond acceptors (Lipinski definition) is 15. The second-order valence-electron chi connectivity index (χ2n) is 28.7. The van der Waals surface area contributed by atoms with Crippen LogP contribution in [-0.2, 0) is 65.4 Å². The number of aliphatic hydroxyl groups is 1. The second kappa shape index (κ2) is 64.4. The van der Waals surface area contributed by atoms with Crippen molar-refractivity contribution in [2.45, 2.75) is 395 Å². The number of rotatable bonds is 72. The summed E-state index contributed by atoms with van der Waals surface area (Å²) >= 11 is 0. The van der Waals surface area contributed by atoms with E-state index in [9.17, 15) is 43.2 Å². The Morgan fingerprint density at radius 2 is 0.511 bits per heavy atom. The minimum absolute atomic E-state index is 0.104. The van der Waals surface area contributed by atoms with Crippen molar-refractivity contribution in [2.24, 2.45) is 23.7 Å². The molecule has 0 aliphatic heterocycles. The van der Waals surface area contributed by atoms with Crippen LogP contribution in [0.4, 0.5) is 0 Å². The van der Waals surface area contributed by atoms with Gasteiger partial charge in [0.25, 0.3) is 0 Å². The highest BCUT2D eigenvalue weighted by Gasteiger charge is 2.30. The van der Waals surface area contributed by atoms with Crippen molar-refractivity contribution < 1.29 is 80.2 Å². The SMILES string of the molecule is CCC(C)CCCCCCCCCCCCCCCCCCCCC(=O)O[C@H](COC(=O)CCCCCCCCCC(C)C)COP(=O)(O)OC[C@@H](O)COP(=O)(O)OC[C@@H](COC(=O)CCCCCCCCC(C)C)OC(=O)CCCCCCCCCCCCC(C)C. The molecule has 558 valence electrons. The van der Waals surface area contributed by atoms with E-state index in [-0.39, 0.29) is 25.7 Å². The Morgan fingerprint density at radius 1 is 0.298 bits per heavy atom. The molecular formula is C75H146O17P2. The minimum atomic E-state index is -4.96. The van der Waals surface area contributed by atoms with Crippen LogP contribution in [-0.4, -0.2) is 96.7 Å². The zero-order valence-corrected chi connectivity index (χ0v) is 63.4. The van der Waals surface area contributed by atoms with Gasteiger partial charge in [-0.3, -0.25) is 37.3 Å². The first-order valence-electron chi connectivity index (χ1n) is 38.7. The molecule has 19 heteroatoms. The summed E-state index contributed by atoms with van der Waals surface area (Å²) in [5, 5.41) is 10.6. The minimum Gasteiger partial charge on any atom is -0.462 e. The van der Waals surface area contributed by atoms with E-state index in [1.807, 2.05) is 0 Å². The van der Waals surface area contributed by atoms with Crippen molar-refractivity contribution >= 4 is 39.5 Å². The number of carbonyl (C=O) groups is 4. The molecule has 3 N–H and O–H groups in total. The van der Waals surface area contributed by atoms with Gasteiger partial charge in [0, 0.05) is 25.7 Å². The largest absolute Gasteiger partial charge is 0.472 e. The van der Waals surface area contributed by atoms with Crippen molar-refractivity contribution in [2.75, 3.05) is 39.6 Å². The third-order valence-corrected chi connectivity index (χ3v) is 19.6. The molecule has 0 aliphatic rings. The van der Waals surface area contributed by atoms with E-state index in [1.165, 1.54) is 167 Å². The van der Waals surface area contributed by atoms with E-state index >= 15 is 0 Å². The molecule has 0 heterocycles. The van der Waals surface area contributed by atoms with Crippen LogP contribution in [0.1, 0.15) is 376 Å². The van der Waals surface area contributed by atoms with Gasteiger partial charge >= 0.3 is 39.5 Å². The highest BCUT2D eigenvalue weighted by Crippen LogP contribution is 2.45. The average molecular weight is 1380 g/mol. The lowest BCUT2D eigenvalue weighted by Crippen LogP contribution is -2.30. The Kier molecular flexibility index (Phi) is 63.1. The van der Waals surface area contributed by atoms with Crippen molar-refractivity contribution in [3.8, 4) is 0 Å². The summed E-state index contributed by atoms with van der Waals surface area (Å²) < 4.78 is 68.4. The Bertz CT molecular complexity index is 1850. The number of hydrogen-bond donors (Lipinski definition) is 3. The first-order valence-corrected chi connectivity index (χ1v) is 41.7. The number of aliphatic hydroxyl groups excluding tert-OH is 1. The standard InChI is InChI=1S/C75H146O17P2/c1-9-68(8)54-46-38-29-23-18-16-14-12-10-11-13-15-17-19-24-30-41-49-57-74(79)91-70(61-85-72(77)55-47-39-32-26-28-36-44-52-66(4)5)63-89-93(81,82)87-59-69(76)60-88-94(83,84)90-64-71(62-86-73(78)56-48-40-34-33-37-45-53-67(6)7)92-75(80)58-50-42-31-25-21-20-22-27-35-43-51-65(2)3/h65-71,76H,9-64H2,1-8H3,(H,81,82)(H,83,84)/t68?,69-,70-,71-/m1/s1. The molecular weight excluding hydrogens is 1230 g/mol.